The number of aromatic nitrogens is 2. The molecule has 0 aliphatic carbocycles. The Kier molecular flexibility index (Phi) is 3.98. The Balaban J connectivity index is 0.000000134. The monoisotopic (exact) mass is 258 g/mol. The summed E-state index contributed by atoms with van der Waals surface area (Å²) in [6.45, 7) is 0. The van der Waals surface area contributed by atoms with E-state index in [2.05, 4.69) is 9.59 Å². The number of hydrogen-bond donors (Lipinski definition) is 1. The average molecular weight is 258 g/mol. The molecule has 1 aromatic heterocycles. The predicted octanol–water partition coefficient (Wildman–Crippen LogP) is 3.08. The molecule has 3 aromatic rings. The first kappa shape index (κ1) is 12.2. The van der Waals surface area contributed by atoms with E-state index in [-0.39, 0.29) is 0 Å². The molecule has 0 aliphatic heterocycles. The number of nitrogens with zero attached hydrogens (tertiary/aromatic N) is 2. The molecule has 90 valence electrons. The van der Waals surface area contributed by atoms with Crippen molar-refractivity contribution in [2.45, 2.75) is 0 Å². The summed E-state index contributed by atoms with van der Waals surface area (Å²) < 4.78 is 4.94. The normalized spacial score (nSPS) is 9.56. The molecule has 2 aromatic carbocycles. The number of fused-ring (bicyclic) bond motifs is 1. The smallest absolute Gasteiger partial charge is 0.335 e. The maximum absolute atomic E-state index is 10.2. The molecular weight excluding hydrogens is 248 g/mol. The lowest BCUT2D eigenvalue weighted by Gasteiger charge is -1.88. The largest absolute Gasteiger partial charge is 0.478 e. The molecule has 3 rings (SSSR count). The molecule has 1 heterocycles. The molecule has 18 heavy (non-hydrogen) atoms. The molecular formula is C13H10N2O2S. The Bertz CT molecular complexity index is 607. The van der Waals surface area contributed by atoms with Crippen LogP contribution in [-0.2, 0) is 0 Å². The van der Waals surface area contributed by atoms with E-state index in [0.717, 1.165) is 10.2 Å². The van der Waals surface area contributed by atoms with E-state index in [1.165, 1.54) is 11.5 Å². The van der Waals surface area contributed by atoms with Crippen LogP contribution in [0, 0.1) is 0 Å². The van der Waals surface area contributed by atoms with Gasteiger partial charge in [0.1, 0.15) is 5.52 Å². The fraction of sp³-hybridized carbons (Fsp3) is 0. The second-order valence-corrected chi connectivity index (χ2v) is 4.20. The standard InChI is InChI=1S/C7H6O2.C6H4N2S/c8-7(9)6-4-2-1-3-5-6;1-2-4-6-5(3-1)7-8-9-6/h1-5H,(H,8,9);1-4H. The van der Waals surface area contributed by atoms with Gasteiger partial charge in [-0.3, -0.25) is 0 Å². The summed E-state index contributed by atoms with van der Waals surface area (Å²) in [7, 11) is 0. The van der Waals surface area contributed by atoms with Gasteiger partial charge in [0, 0.05) is 0 Å². The van der Waals surface area contributed by atoms with E-state index in [1.54, 1.807) is 30.3 Å². The molecule has 0 saturated carbocycles. The second kappa shape index (κ2) is 5.88. The van der Waals surface area contributed by atoms with E-state index in [9.17, 15) is 4.79 Å². The quantitative estimate of drug-likeness (QED) is 0.728. The van der Waals surface area contributed by atoms with Crippen molar-refractivity contribution in [2.75, 3.05) is 0 Å². The molecule has 0 spiro atoms. The molecule has 0 fully saturated rings. The first-order valence-electron chi connectivity index (χ1n) is 5.23. The summed E-state index contributed by atoms with van der Waals surface area (Å²) in [6, 6.07) is 16.2. The highest BCUT2D eigenvalue weighted by Crippen LogP contribution is 2.12. The van der Waals surface area contributed by atoms with Gasteiger partial charge in [-0.15, -0.1) is 5.10 Å². The van der Waals surface area contributed by atoms with E-state index >= 15 is 0 Å². The van der Waals surface area contributed by atoms with Gasteiger partial charge in [0.25, 0.3) is 0 Å². The summed E-state index contributed by atoms with van der Waals surface area (Å²) in [5.41, 5.74) is 1.32. The summed E-state index contributed by atoms with van der Waals surface area (Å²) in [5.74, 6) is -0.879. The highest BCUT2D eigenvalue weighted by atomic mass is 32.1. The molecule has 5 heteroatoms. The second-order valence-electron chi connectivity index (χ2n) is 3.41. The summed E-state index contributed by atoms with van der Waals surface area (Å²) >= 11 is 1.43. The SMILES string of the molecule is O=C(O)c1ccccc1.c1ccc2snnc2c1. The third-order valence-electron chi connectivity index (χ3n) is 2.17. The molecule has 0 aliphatic rings. The van der Waals surface area contributed by atoms with Crippen molar-refractivity contribution >= 4 is 27.7 Å². The summed E-state index contributed by atoms with van der Waals surface area (Å²) in [4.78, 5) is 10.2. The molecule has 0 amide bonds. The van der Waals surface area contributed by atoms with Gasteiger partial charge in [0.05, 0.1) is 10.3 Å². The zero-order chi connectivity index (χ0) is 12.8. The van der Waals surface area contributed by atoms with E-state index < -0.39 is 5.97 Å². The van der Waals surface area contributed by atoms with Crippen LogP contribution in [0.3, 0.4) is 0 Å². The van der Waals surface area contributed by atoms with Gasteiger partial charge >= 0.3 is 5.97 Å². The summed E-state index contributed by atoms with van der Waals surface area (Å²) in [5, 5.41) is 12.3. The highest BCUT2D eigenvalue weighted by molar-refractivity contribution is 7.12. The van der Waals surface area contributed by atoms with Crippen molar-refractivity contribution in [1.82, 2.24) is 9.59 Å². The number of rotatable bonds is 1. The van der Waals surface area contributed by atoms with Gasteiger partial charge in [0.2, 0.25) is 0 Å². The molecule has 0 atom stereocenters. The third kappa shape index (κ3) is 3.11. The number of carbonyl (C=O) groups is 1. The van der Waals surface area contributed by atoms with Gasteiger partial charge < -0.3 is 5.11 Å². The van der Waals surface area contributed by atoms with Gasteiger partial charge in [-0.05, 0) is 35.8 Å². The van der Waals surface area contributed by atoms with E-state index in [4.69, 9.17) is 5.11 Å². The van der Waals surface area contributed by atoms with Gasteiger partial charge in [-0.25, -0.2) is 4.79 Å². The van der Waals surface area contributed by atoms with Crippen LogP contribution in [0.5, 0.6) is 0 Å². The maximum atomic E-state index is 10.2. The third-order valence-corrected chi connectivity index (χ3v) is 2.88. The number of carboxylic acids is 1. The summed E-state index contributed by atoms with van der Waals surface area (Å²) in [6.07, 6.45) is 0. The first-order chi connectivity index (χ1) is 8.77. The Morgan fingerprint density at radius 3 is 2.28 bits per heavy atom. The minimum absolute atomic E-state index is 0.331. The first-order valence-corrected chi connectivity index (χ1v) is 6.00. The highest BCUT2D eigenvalue weighted by Gasteiger charge is 1.96. The van der Waals surface area contributed by atoms with Crippen LogP contribution in [-0.4, -0.2) is 20.7 Å². The zero-order valence-corrected chi connectivity index (χ0v) is 10.2. The topological polar surface area (TPSA) is 63.1 Å². The van der Waals surface area contributed by atoms with Crippen molar-refractivity contribution in [3.8, 4) is 0 Å². The molecule has 0 bridgehead atoms. The molecule has 0 radical (unpaired) electrons. The number of hydrogen-bond acceptors (Lipinski definition) is 4. The van der Waals surface area contributed by atoms with Crippen molar-refractivity contribution < 1.29 is 9.90 Å². The van der Waals surface area contributed by atoms with Gasteiger partial charge in [0.15, 0.2) is 0 Å². The lowest BCUT2D eigenvalue weighted by atomic mass is 10.2. The van der Waals surface area contributed by atoms with Gasteiger partial charge in [-0.1, -0.05) is 34.8 Å². The molecule has 0 unspecified atom stereocenters. The van der Waals surface area contributed by atoms with Crippen LogP contribution < -0.4 is 0 Å². The van der Waals surface area contributed by atoms with Crippen molar-refractivity contribution in [2.24, 2.45) is 0 Å². The van der Waals surface area contributed by atoms with Crippen molar-refractivity contribution in [3.05, 3.63) is 60.2 Å². The van der Waals surface area contributed by atoms with E-state index in [1.807, 2.05) is 24.3 Å². The minimum Gasteiger partial charge on any atom is -0.478 e. The average Bonchev–Trinajstić information content (AvgIpc) is 2.89. The van der Waals surface area contributed by atoms with Crippen LogP contribution in [0.15, 0.2) is 54.6 Å². The Morgan fingerprint density at radius 1 is 1.00 bits per heavy atom. The lowest BCUT2D eigenvalue weighted by Crippen LogP contribution is -1.93. The zero-order valence-electron chi connectivity index (χ0n) is 9.35. The van der Waals surface area contributed by atoms with Gasteiger partial charge in [-0.2, -0.15) is 0 Å². The minimum atomic E-state index is -0.879. The Morgan fingerprint density at radius 2 is 1.67 bits per heavy atom. The van der Waals surface area contributed by atoms with Crippen LogP contribution in [0.1, 0.15) is 10.4 Å². The van der Waals surface area contributed by atoms with E-state index in [0.29, 0.717) is 5.56 Å². The van der Waals surface area contributed by atoms with Crippen LogP contribution in [0.2, 0.25) is 0 Å². The Labute approximate surface area is 108 Å². The number of benzene rings is 2. The van der Waals surface area contributed by atoms with Crippen molar-refractivity contribution in [3.63, 3.8) is 0 Å². The number of aromatic carboxylic acids is 1. The predicted molar refractivity (Wildman–Crippen MR) is 70.8 cm³/mol. The Hall–Kier alpha value is -2.27. The fourth-order valence-electron chi connectivity index (χ4n) is 1.31. The maximum Gasteiger partial charge on any atom is 0.335 e. The molecule has 0 saturated heterocycles. The lowest BCUT2D eigenvalue weighted by molar-refractivity contribution is 0.0697. The van der Waals surface area contributed by atoms with Crippen LogP contribution >= 0.6 is 11.5 Å². The van der Waals surface area contributed by atoms with Crippen molar-refractivity contribution in [1.29, 1.82) is 0 Å². The van der Waals surface area contributed by atoms with Crippen LogP contribution in [0.25, 0.3) is 10.2 Å². The molecule has 1 N–H and O–H groups in total. The number of carboxylic acid groups (broad SMARTS) is 1. The fourth-order valence-corrected chi connectivity index (χ4v) is 1.86. The van der Waals surface area contributed by atoms with Crippen LogP contribution in [0.4, 0.5) is 0 Å². The molecule has 4 nitrogen and oxygen atoms in total.